The molecule has 58 heavy (non-hydrogen) atoms. The van der Waals surface area contributed by atoms with E-state index in [1.807, 2.05) is 24.3 Å². The molecular weight excluding hydrogens is 759 g/mol. The van der Waals surface area contributed by atoms with Gasteiger partial charge in [-0.1, -0.05) is 143 Å². The summed E-state index contributed by atoms with van der Waals surface area (Å²) in [7, 11) is -4.69. The zero-order valence-electron chi connectivity index (χ0n) is 35.3. The van der Waals surface area contributed by atoms with E-state index in [9.17, 15) is 29.3 Å². The monoisotopic (exact) mass is 835 g/mol. The smallest absolute Gasteiger partial charge is 0.462 e. The lowest BCUT2D eigenvalue weighted by atomic mass is 10.1. The molecule has 0 aromatic rings. The van der Waals surface area contributed by atoms with Gasteiger partial charge in [0.2, 0.25) is 0 Å². The Bertz CT molecular complexity index is 1300. The zero-order chi connectivity index (χ0) is 42.8. The Balaban J connectivity index is 4.61. The van der Waals surface area contributed by atoms with Crippen LogP contribution in [0.4, 0.5) is 0 Å². The molecule has 0 rings (SSSR count). The van der Waals surface area contributed by atoms with Crippen molar-refractivity contribution in [2.24, 2.45) is 0 Å². The molecule has 0 heterocycles. The summed E-state index contributed by atoms with van der Waals surface area (Å²) in [5, 5.41) is 28.6. The first-order chi connectivity index (χ1) is 28.1. The van der Waals surface area contributed by atoms with E-state index in [-0.39, 0.29) is 12.8 Å². The summed E-state index contributed by atoms with van der Waals surface area (Å²) in [6.07, 6.45) is 45.6. The lowest BCUT2D eigenvalue weighted by Crippen LogP contribution is -2.30. The number of hydrogen-bond acceptors (Lipinski definition) is 10. The van der Waals surface area contributed by atoms with Crippen molar-refractivity contribution < 1.29 is 52.9 Å². The van der Waals surface area contributed by atoms with Gasteiger partial charge in [-0.15, -0.1) is 0 Å². The van der Waals surface area contributed by atoms with Crippen LogP contribution in [0.5, 0.6) is 0 Å². The SMILES string of the molecule is CC/C=C\C/C=C\C/C=C\C/C=C\C=C\C(O)CCCC(=O)O[C@H](COC(=O)CCC/C=C\C/C=C\C/C=C\CCCCCCCC)COP(=O)(O)OC[C@@H](O)CO. The first-order valence-electron chi connectivity index (χ1n) is 21.3. The largest absolute Gasteiger partial charge is 0.472 e. The van der Waals surface area contributed by atoms with Crippen molar-refractivity contribution in [2.75, 3.05) is 26.4 Å². The van der Waals surface area contributed by atoms with Crippen LogP contribution < -0.4 is 0 Å². The second kappa shape index (κ2) is 40.6. The third kappa shape index (κ3) is 39.7. The van der Waals surface area contributed by atoms with Crippen LogP contribution in [0.1, 0.15) is 136 Å². The molecule has 2 unspecified atom stereocenters. The van der Waals surface area contributed by atoms with Crippen LogP contribution >= 0.6 is 7.82 Å². The molecule has 0 aliphatic heterocycles. The van der Waals surface area contributed by atoms with E-state index >= 15 is 0 Å². The Labute approximate surface area is 349 Å². The van der Waals surface area contributed by atoms with Crippen molar-refractivity contribution >= 4 is 19.8 Å². The van der Waals surface area contributed by atoms with Gasteiger partial charge in [-0.2, -0.15) is 0 Å². The maximum absolute atomic E-state index is 12.6. The number of unbranched alkanes of at least 4 members (excludes halogenated alkanes) is 7. The van der Waals surface area contributed by atoms with Crippen LogP contribution in [0.2, 0.25) is 0 Å². The Morgan fingerprint density at radius 1 is 0.603 bits per heavy atom. The average Bonchev–Trinajstić information content (AvgIpc) is 3.20. The van der Waals surface area contributed by atoms with Crippen LogP contribution in [0.25, 0.3) is 0 Å². The molecular formula is C46H75O11P. The van der Waals surface area contributed by atoms with Gasteiger partial charge < -0.3 is 29.7 Å². The molecule has 0 bridgehead atoms. The van der Waals surface area contributed by atoms with Gasteiger partial charge in [0.1, 0.15) is 12.7 Å². The summed E-state index contributed by atoms with van der Waals surface area (Å²) in [6.45, 7) is 1.95. The van der Waals surface area contributed by atoms with Crippen molar-refractivity contribution in [1.82, 2.24) is 0 Å². The maximum atomic E-state index is 12.6. The minimum absolute atomic E-state index is 0.0627. The fourth-order valence-electron chi connectivity index (χ4n) is 5.04. The number of phosphoric acid groups is 1. The van der Waals surface area contributed by atoms with E-state index in [1.165, 1.54) is 38.5 Å². The zero-order valence-corrected chi connectivity index (χ0v) is 36.2. The number of aliphatic hydroxyl groups excluding tert-OH is 3. The second-order valence-electron chi connectivity index (χ2n) is 13.8. The molecule has 0 aliphatic rings. The standard InChI is InChI=1S/C46H75O11P/c1-3-5-7-9-11-13-15-17-18-19-20-22-24-26-28-30-32-36-45(50)54-40-44(41-56-58(52,53)55-39-43(49)38-47)57-46(51)37-33-35-42(48)34-31-29-27-25-23-21-16-14-12-10-8-6-4-2/h6,8,12,14,17-18,20-23,26-29,31,34,42-44,47-49H,3-5,7,9-11,13,15-16,19,24-25,30,32-33,35-41H2,1-2H3,(H,52,53)/b8-6-,14-12-,18-17-,22-20-,23-21-,28-26-,29-27-,34-31+/t42?,43-,44+/m0/s1. The third-order valence-corrected chi connectivity index (χ3v) is 9.28. The number of hydrogen-bond donors (Lipinski definition) is 4. The molecule has 0 spiro atoms. The van der Waals surface area contributed by atoms with E-state index in [0.717, 1.165) is 44.9 Å². The molecule has 0 aliphatic carbocycles. The molecule has 0 amide bonds. The average molecular weight is 835 g/mol. The Morgan fingerprint density at radius 3 is 1.76 bits per heavy atom. The Kier molecular flexibility index (Phi) is 38.4. The van der Waals surface area contributed by atoms with Gasteiger partial charge in [0, 0.05) is 12.8 Å². The number of carbonyl (C=O) groups excluding carboxylic acids is 2. The van der Waals surface area contributed by atoms with E-state index in [2.05, 4.69) is 79.1 Å². The minimum Gasteiger partial charge on any atom is -0.462 e. The molecule has 330 valence electrons. The summed E-state index contributed by atoms with van der Waals surface area (Å²) in [6, 6.07) is 0. The van der Waals surface area contributed by atoms with Crippen LogP contribution in [-0.2, 0) is 32.7 Å². The highest BCUT2D eigenvalue weighted by Crippen LogP contribution is 2.43. The number of rotatable bonds is 38. The lowest BCUT2D eigenvalue weighted by Gasteiger charge is -2.20. The first-order valence-corrected chi connectivity index (χ1v) is 22.8. The molecule has 0 saturated heterocycles. The van der Waals surface area contributed by atoms with Crippen LogP contribution in [-0.4, -0.2) is 76.9 Å². The fourth-order valence-corrected chi connectivity index (χ4v) is 5.83. The van der Waals surface area contributed by atoms with Gasteiger partial charge >= 0.3 is 19.8 Å². The van der Waals surface area contributed by atoms with Crippen molar-refractivity contribution in [3.05, 3.63) is 97.2 Å². The summed E-state index contributed by atoms with van der Waals surface area (Å²) >= 11 is 0. The molecule has 0 aromatic carbocycles. The molecule has 0 saturated carbocycles. The van der Waals surface area contributed by atoms with Gasteiger partial charge in [-0.3, -0.25) is 18.6 Å². The Morgan fingerprint density at radius 2 is 1.14 bits per heavy atom. The molecule has 0 aromatic heterocycles. The number of esters is 2. The number of ether oxygens (including phenoxy) is 2. The Hall–Kier alpha value is -3.15. The normalized spacial score (nSPS) is 15.3. The molecule has 11 nitrogen and oxygen atoms in total. The number of phosphoric ester groups is 1. The van der Waals surface area contributed by atoms with E-state index in [0.29, 0.717) is 25.7 Å². The highest BCUT2D eigenvalue weighted by atomic mass is 31.2. The quantitative estimate of drug-likeness (QED) is 0.0154. The van der Waals surface area contributed by atoms with Crippen molar-refractivity contribution in [1.29, 1.82) is 0 Å². The highest BCUT2D eigenvalue weighted by Gasteiger charge is 2.27. The third-order valence-electron chi connectivity index (χ3n) is 8.33. The first kappa shape index (κ1) is 54.9. The number of carbonyl (C=O) groups is 2. The summed E-state index contributed by atoms with van der Waals surface area (Å²) < 4.78 is 32.5. The molecule has 4 N–H and O–H groups in total. The van der Waals surface area contributed by atoms with Gasteiger partial charge in [-0.25, -0.2) is 4.57 Å². The highest BCUT2D eigenvalue weighted by molar-refractivity contribution is 7.47. The molecule has 0 radical (unpaired) electrons. The maximum Gasteiger partial charge on any atom is 0.472 e. The predicted octanol–water partition coefficient (Wildman–Crippen LogP) is 10.2. The van der Waals surface area contributed by atoms with Gasteiger partial charge in [0.05, 0.1) is 25.9 Å². The second-order valence-corrected chi connectivity index (χ2v) is 15.3. The predicted molar refractivity (Wildman–Crippen MR) is 234 cm³/mol. The molecule has 12 heteroatoms. The van der Waals surface area contributed by atoms with Crippen molar-refractivity contribution in [3.8, 4) is 0 Å². The van der Waals surface area contributed by atoms with Crippen LogP contribution in [0.15, 0.2) is 97.2 Å². The van der Waals surface area contributed by atoms with E-state index in [4.69, 9.17) is 19.1 Å². The minimum atomic E-state index is -4.69. The van der Waals surface area contributed by atoms with E-state index in [1.54, 1.807) is 12.2 Å². The fraction of sp³-hybridized carbons (Fsp3) is 0.609. The summed E-state index contributed by atoms with van der Waals surface area (Å²) in [4.78, 5) is 35.0. The van der Waals surface area contributed by atoms with Gasteiger partial charge in [-0.05, 0) is 77.0 Å². The van der Waals surface area contributed by atoms with Crippen molar-refractivity contribution in [3.63, 3.8) is 0 Å². The lowest BCUT2D eigenvalue weighted by molar-refractivity contribution is -0.161. The van der Waals surface area contributed by atoms with Gasteiger partial charge in [0.15, 0.2) is 6.10 Å². The molecule has 4 atom stereocenters. The van der Waals surface area contributed by atoms with Crippen LogP contribution in [0, 0.1) is 0 Å². The van der Waals surface area contributed by atoms with Gasteiger partial charge in [0.25, 0.3) is 0 Å². The van der Waals surface area contributed by atoms with Crippen LogP contribution in [0.3, 0.4) is 0 Å². The van der Waals surface area contributed by atoms with E-state index < -0.39 is 64.5 Å². The number of allylic oxidation sites excluding steroid dienone is 15. The summed E-state index contributed by atoms with van der Waals surface area (Å²) in [5.41, 5.74) is 0. The number of aliphatic hydroxyl groups is 3. The topological polar surface area (TPSA) is 169 Å². The molecule has 0 fully saturated rings. The van der Waals surface area contributed by atoms with Crippen molar-refractivity contribution in [2.45, 2.75) is 154 Å². The summed E-state index contributed by atoms with van der Waals surface area (Å²) in [5.74, 6) is -1.20.